The molecule has 122 valence electrons. The Hall–Kier alpha value is -2.11. The first-order chi connectivity index (χ1) is 10.7. The average molecular weight is 334 g/mol. The summed E-state index contributed by atoms with van der Waals surface area (Å²) in [6.07, 6.45) is 5.46. The van der Waals surface area contributed by atoms with E-state index in [9.17, 15) is 9.59 Å². The Morgan fingerprint density at radius 2 is 1.78 bits per heavy atom. The topological polar surface area (TPSA) is 74.0 Å². The first kappa shape index (κ1) is 17.2. The minimum atomic E-state index is -0.0886. The van der Waals surface area contributed by atoms with Gasteiger partial charge in [-0.05, 0) is 37.6 Å². The number of amides is 1. The summed E-state index contributed by atoms with van der Waals surface area (Å²) >= 11 is 0. The molecule has 0 radical (unpaired) electrons. The molecule has 1 aromatic carbocycles. The molecule has 0 spiro atoms. The van der Waals surface area contributed by atoms with Crippen LogP contribution < -0.4 is 10.6 Å². The van der Waals surface area contributed by atoms with Gasteiger partial charge in [0.25, 0.3) is 5.91 Å². The fourth-order valence-corrected chi connectivity index (χ4v) is 2.65. The van der Waals surface area contributed by atoms with Crippen LogP contribution in [0.3, 0.4) is 0 Å². The third kappa shape index (κ3) is 4.21. The van der Waals surface area contributed by atoms with Gasteiger partial charge in [-0.25, -0.2) is 0 Å². The van der Waals surface area contributed by atoms with Gasteiger partial charge in [0.05, 0.1) is 0 Å². The quantitative estimate of drug-likeness (QED) is 0.751. The van der Waals surface area contributed by atoms with Crippen molar-refractivity contribution < 1.29 is 9.59 Å². The second-order valence-electron chi connectivity index (χ2n) is 5.52. The number of halogens is 1. The van der Waals surface area contributed by atoms with Gasteiger partial charge in [0.2, 0.25) is 0 Å². The molecule has 1 aliphatic heterocycles. The second kappa shape index (κ2) is 7.94. The van der Waals surface area contributed by atoms with Gasteiger partial charge in [0.15, 0.2) is 5.78 Å². The first-order valence-corrected chi connectivity index (χ1v) is 7.53. The molecular weight excluding hydrogens is 314 g/mol. The van der Waals surface area contributed by atoms with Crippen molar-refractivity contribution in [2.75, 3.05) is 13.1 Å². The summed E-state index contributed by atoms with van der Waals surface area (Å²) in [6.45, 7) is 1.83. The van der Waals surface area contributed by atoms with Crippen LogP contribution in [0.25, 0.3) is 0 Å². The minimum absolute atomic E-state index is 0. The highest BCUT2D eigenvalue weighted by atomic mass is 35.5. The first-order valence-electron chi connectivity index (χ1n) is 7.53. The molecule has 2 heterocycles. The molecule has 0 unspecified atom stereocenters. The fourth-order valence-electron chi connectivity index (χ4n) is 2.65. The summed E-state index contributed by atoms with van der Waals surface area (Å²) in [5.74, 6) is -0.140. The van der Waals surface area contributed by atoms with Crippen LogP contribution in [0.15, 0.2) is 42.7 Å². The van der Waals surface area contributed by atoms with Gasteiger partial charge >= 0.3 is 0 Å². The number of rotatable bonds is 4. The lowest BCUT2D eigenvalue weighted by Gasteiger charge is -2.23. The van der Waals surface area contributed by atoms with E-state index in [0.717, 1.165) is 25.9 Å². The highest BCUT2D eigenvalue weighted by Crippen LogP contribution is 2.11. The van der Waals surface area contributed by atoms with Gasteiger partial charge < -0.3 is 15.6 Å². The predicted molar refractivity (Wildman–Crippen MR) is 91.3 cm³/mol. The van der Waals surface area contributed by atoms with Crippen LogP contribution >= 0.6 is 12.4 Å². The van der Waals surface area contributed by atoms with Gasteiger partial charge in [-0.1, -0.05) is 12.1 Å². The van der Waals surface area contributed by atoms with E-state index >= 15 is 0 Å². The third-order valence-electron chi connectivity index (χ3n) is 3.90. The van der Waals surface area contributed by atoms with Crippen molar-refractivity contribution in [2.45, 2.75) is 18.9 Å². The number of piperidine rings is 1. The zero-order valence-electron chi connectivity index (χ0n) is 12.7. The van der Waals surface area contributed by atoms with E-state index in [2.05, 4.69) is 15.6 Å². The fraction of sp³-hybridized carbons (Fsp3) is 0.294. The van der Waals surface area contributed by atoms with E-state index in [4.69, 9.17) is 0 Å². The molecule has 3 rings (SSSR count). The van der Waals surface area contributed by atoms with Crippen LogP contribution in [0.5, 0.6) is 0 Å². The van der Waals surface area contributed by atoms with Gasteiger partial charge in [-0.3, -0.25) is 9.59 Å². The van der Waals surface area contributed by atoms with Crippen LogP contribution in [-0.2, 0) is 0 Å². The summed E-state index contributed by atoms with van der Waals surface area (Å²) in [7, 11) is 0. The van der Waals surface area contributed by atoms with E-state index in [1.807, 2.05) is 0 Å². The van der Waals surface area contributed by atoms with Crippen LogP contribution in [-0.4, -0.2) is 35.8 Å². The van der Waals surface area contributed by atoms with Crippen molar-refractivity contribution >= 4 is 24.1 Å². The molecule has 2 aromatic rings. The van der Waals surface area contributed by atoms with Crippen molar-refractivity contribution in [3.8, 4) is 0 Å². The van der Waals surface area contributed by atoms with Crippen molar-refractivity contribution in [3.05, 3.63) is 59.4 Å². The van der Waals surface area contributed by atoms with Crippen molar-refractivity contribution in [1.29, 1.82) is 0 Å². The van der Waals surface area contributed by atoms with E-state index in [1.54, 1.807) is 42.7 Å². The Morgan fingerprint density at radius 1 is 1.04 bits per heavy atom. The second-order valence-corrected chi connectivity index (χ2v) is 5.52. The van der Waals surface area contributed by atoms with E-state index in [-0.39, 0.29) is 30.1 Å². The smallest absolute Gasteiger partial charge is 0.251 e. The Bertz CT molecular complexity index is 647. The lowest BCUT2D eigenvalue weighted by molar-refractivity contribution is 0.0929. The Kier molecular flexibility index (Phi) is 5.96. The molecule has 0 bridgehead atoms. The van der Waals surface area contributed by atoms with Crippen molar-refractivity contribution in [1.82, 2.24) is 15.6 Å². The molecule has 1 atom stereocenters. The zero-order valence-corrected chi connectivity index (χ0v) is 13.5. The number of H-pyrrole nitrogens is 1. The Balaban J connectivity index is 0.00000192. The van der Waals surface area contributed by atoms with Crippen LogP contribution in [0.4, 0.5) is 0 Å². The number of hydrogen-bond donors (Lipinski definition) is 3. The summed E-state index contributed by atoms with van der Waals surface area (Å²) in [6, 6.07) is 8.71. The van der Waals surface area contributed by atoms with E-state index in [1.165, 1.54) is 0 Å². The molecule has 5 nitrogen and oxygen atoms in total. The van der Waals surface area contributed by atoms with Crippen molar-refractivity contribution in [2.24, 2.45) is 0 Å². The molecule has 0 saturated carbocycles. The minimum Gasteiger partial charge on any atom is -0.367 e. The molecule has 3 N–H and O–H groups in total. The average Bonchev–Trinajstić information content (AvgIpc) is 3.10. The largest absolute Gasteiger partial charge is 0.367 e. The van der Waals surface area contributed by atoms with Gasteiger partial charge in [0.1, 0.15) is 0 Å². The van der Waals surface area contributed by atoms with E-state index < -0.39 is 0 Å². The van der Waals surface area contributed by atoms with Gasteiger partial charge in [-0.15, -0.1) is 12.4 Å². The molecule has 6 heteroatoms. The standard InChI is InChI=1S/C17H19N3O2.ClH/c21-16(14-7-9-19-10-14)12-3-5-13(6-4-12)17(22)20-15-2-1-8-18-11-15;/h3-7,9-10,15,18-19H,1-2,8,11H2,(H,20,22);1H/t15-;/m0./s1. The normalized spacial score (nSPS) is 17.1. The highest BCUT2D eigenvalue weighted by molar-refractivity contribution is 6.09. The molecule has 0 aliphatic carbocycles. The number of aromatic nitrogens is 1. The summed E-state index contributed by atoms with van der Waals surface area (Å²) in [5.41, 5.74) is 1.78. The molecule has 1 saturated heterocycles. The van der Waals surface area contributed by atoms with Crippen LogP contribution in [0.1, 0.15) is 39.1 Å². The molecular formula is C17H20ClN3O2. The number of nitrogens with one attached hydrogen (secondary N) is 3. The van der Waals surface area contributed by atoms with Crippen LogP contribution in [0, 0.1) is 0 Å². The van der Waals surface area contributed by atoms with Crippen LogP contribution in [0.2, 0.25) is 0 Å². The number of hydrogen-bond acceptors (Lipinski definition) is 3. The number of benzene rings is 1. The SMILES string of the molecule is Cl.O=C(N[C@H]1CCCNC1)c1ccc(C(=O)c2cc[nH]c2)cc1. The molecule has 1 aliphatic rings. The lowest BCUT2D eigenvalue weighted by Crippen LogP contribution is -2.45. The molecule has 1 amide bonds. The Labute approximate surface area is 141 Å². The van der Waals surface area contributed by atoms with Gasteiger partial charge in [-0.2, -0.15) is 0 Å². The zero-order chi connectivity index (χ0) is 15.4. The maximum atomic E-state index is 12.2. The summed E-state index contributed by atoms with van der Waals surface area (Å²) in [4.78, 5) is 27.2. The number of ketones is 1. The third-order valence-corrected chi connectivity index (χ3v) is 3.90. The number of carbonyl (C=O) groups excluding carboxylic acids is 2. The van der Waals surface area contributed by atoms with E-state index in [0.29, 0.717) is 16.7 Å². The molecule has 23 heavy (non-hydrogen) atoms. The maximum Gasteiger partial charge on any atom is 0.251 e. The van der Waals surface area contributed by atoms with Crippen molar-refractivity contribution in [3.63, 3.8) is 0 Å². The van der Waals surface area contributed by atoms with Gasteiger partial charge in [0, 0.05) is 41.7 Å². The lowest BCUT2D eigenvalue weighted by atomic mass is 10.0. The molecule has 1 aromatic heterocycles. The Morgan fingerprint density at radius 3 is 2.39 bits per heavy atom. The monoisotopic (exact) mass is 333 g/mol. The number of carbonyl (C=O) groups is 2. The molecule has 1 fully saturated rings. The maximum absolute atomic E-state index is 12.2. The highest BCUT2D eigenvalue weighted by Gasteiger charge is 2.17. The summed E-state index contributed by atoms with van der Waals surface area (Å²) < 4.78 is 0. The summed E-state index contributed by atoms with van der Waals surface area (Å²) in [5, 5.41) is 6.29. The predicted octanol–water partition coefficient (Wildman–Crippen LogP) is 2.15. The number of aromatic amines is 1.